The number of rotatable bonds is 3. The van der Waals surface area contributed by atoms with E-state index in [1.54, 1.807) is 7.11 Å². The number of aliphatic imine (C=N–C) groups is 1. The molecule has 0 amide bonds. The maximum Gasteiger partial charge on any atom is 0.209 e. The summed E-state index contributed by atoms with van der Waals surface area (Å²) in [6.45, 7) is 4.26. The van der Waals surface area contributed by atoms with Gasteiger partial charge in [0.1, 0.15) is 17.7 Å². The SMILES string of the molecule is COc1ccc(N2C(N3CCCC3)=NC(N3CCCC3)=CC2N)cc1. The van der Waals surface area contributed by atoms with E-state index in [9.17, 15) is 0 Å². The molecule has 0 radical (unpaired) electrons. The van der Waals surface area contributed by atoms with Gasteiger partial charge in [-0.05, 0) is 56.0 Å². The lowest BCUT2D eigenvalue weighted by molar-refractivity contribution is 0.407. The molecule has 6 heteroatoms. The van der Waals surface area contributed by atoms with Gasteiger partial charge in [0, 0.05) is 31.9 Å². The Bertz CT molecular complexity index is 657. The molecule has 1 aromatic carbocycles. The van der Waals surface area contributed by atoms with Gasteiger partial charge in [-0.3, -0.25) is 4.90 Å². The maximum atomic E-state index is 6.58. The fraction of sp³-hybridized carbons (Fsp3) is 0.526. The van der Waals surface area contributed by atoms with Crippen molar-refractivity contribution in [3.63, 3.8) is 0 Å². The highest BCUT2D eigenvalue weighted by atomic mass is 16.5. The van der Waals surface area contributed by atoms with Crippen LogP contribution in [0.2, 0.25) is 0 Å². The van der Waals surface area contributed by atoms with Gasteiger partial charge in [0.05, 0.1) is 7.11 Å². The standard InChI is InChI=1S/C19H27N5O/c1-25-16-8-6-15(7-9-16)24-17(20)14-18(22-10-2-3-11-22)21-19(24)23-12-4-5-13-23/h6-9,14,17H,2-5,10-13,20H2,1H3. The van der Waals surface area contributed by atoms with Crippen molar-refractivity contribution in [1.29, 1.82) is 0 Å². The molecule has 0 bridgehead atoms. The predicted molar refractivity (Wildman–Crippen MR) is 101 cm³/mol. The Hall–Kier alpha value is -2.21. The summed E-state index contributed by atoms with van der Waals surface area (Å²) < 4.78 is 5.29. The summed E-state index contributed by atoms with van der Waals surface area (Å²) in [5.41, 5.74) is 7.63. The van der Waals surface area contributed by atoms with Crippen molar-refractivity contribution in [2.75, 3.05) is 38.2 Å². The van der Waals surface area contributed by atoms with Crippen LogP contribution in [0.25, 0.3) is 0 Å². The second kappa shape index (κ2) is 6.96. The van der Waals surface area contributed by atoms with Gasteiger partial charge in [0.2, 0.25) is 5.96 Å². The summed E-state index contributed by atoms with van der Waals surface area (Å²) in [5, 5.41) is 0. The molecular formula is C19H27N5O. The Kier molecular flexibility index (Phi) is 4.53. The molecule has 0 spiro atoms. The Morgan fingerprint density at radius 3 is 2.16 bits per heavy atom. The zero-order valence-electron chi connectivity index (χ0n) is 14.9. The van der Waals surface area contributed by atoms with Gasteiger partial charge in [-0.15, -0.1) is 0 Å². The average Bonchev–Trinajstić information content (AvgIpc) is 3.35. The van der Waals surface area contributed by atoms with E-state index in [0.29, 0.717) is 0 Å². The molecule has 3 aliphatic heterocycles. The third-order valence-electron chi connectivity index (χ3n) is 5.22. The second-order valence-corrected chi connectivity index (χ2v) is 6.88. The van der Waals surface area contributed by atoms with Crippen molar-refractivity contribution in [2.45, 2.75) is 31.8 Å². The number of likely N-dealkylation sites (tertiary alicyclic amines) is 2. The van der Waals surface area contributed by atoms with E-state index in [4.69, 9.17) is 15.5 Å². The highest BCUT2D eigenvalue weighted by Gasteiger charge is 2.31. The number of methoxy groups -OCH3 is 1. The van der Waals surface area contributed by atoms with Crippen molar-refractivity contribution in [3.8, 4) is 5.75 Å². The molecule has 0 saturated carbocycles. The van der Waals surface area contributed by atoms with Crippen LogP contribution >= 0.6 is 0 Å². The Morgan fingerprint density at radius 2 is 1.56 bits per heavy atom. The number of nitrogens with two attached hydrogens (primary N) is 1. The lowest BCUT2D eigenvalue weighted by Gasteiger charge is -2.39. The van der Waals surface area contributed by atoms with E-state index in [1.165, 1.54) is 25.7 Å². The van der Waals surface area contributed by atoms with E-state index in [-0.39, 0.29) is 6.17 Å². The van der Waals surface area contributed by atoms with E-state index in [0.717, 1.165) is 49.4 Å². The molecule has 1 unspecified atom stereocenters. The van der Waals surface area contributed by atoms with Crippen LogP contribution in [0.15, 0.2) is 41.2 Å². The third-order valence-corrected chi connectivity index (χ3v) is 5.22. The molecule has 1 atom stereocenters. The molecule has 2 saturated heterocycles. The number of benzene rings is 1. The van der Waals surface area contributed by atoms with Gasteiger partial charge in [0.25, 0.3) is 0 Å². The molecule has 134 valence electrons. The fourth-order valence-corrected chi connectivity index (χ4v) is 3.85. The molecule has 1 aromatic rings. The number of hydrogen-bond acceptors (Lipinski definition) is 6. The number of anilines is 1. The zero-order valence-corrected chi connectivity index (χ0v) is 14.9. The fourth-order valence-electron chi connectivity index (χ4n) is 3.85. The Morgan fingerprint density at radius 1 is 0.960 bits per heavy atom. The first-order chi connectivity index (χ1) is 12.3. The van der Waals surface area contributed by atoms with Gasteiger partial charge < -0.3 is 20.3 Å². The Labute approximate surface area is 149 Å². The molecule has 4 rings (SSSR count). The first-order valence-corrected chi connectivity index (χ1v) is 9.25. The highest BCUT2D eigenvalue weighted by Crippen LogP contribution is 2.28. The lowest BCUT2D eigenvalue weighted by atomic mass is 10.2. The molecule has 2 fully saturated rings. The van der Waals surface area contributed by atoms with Gasteiger partial charge in [0.15, 0.2) is 0 Å². The van der Waals surface area contributed by atoms with Crippen molar-refractivity contribution in [2.24, 2.45) is 10.7 Å². The first-order valence-electron chi connectivity index (χ1n) is 9.25. The molecule has 25 heavy (non-hydrogen) atoms. The largest absolute Gasteiger partial charge is 0.497 e. The summed E-state index contributed by atoms with van der Waals surface area (Å²) in [6, 6.07) is 8.06. The smallest absolute Gasteiger partial charge is 0.209 e. The number of ether oxygens (including phenoxy) is 1. The zero-order chi connectivity index (χ0) is 17.2. The topological polar surface area (TPSA) is 57.3 Å². The molecule has 6 nitrogen and oxygen atoms in total. The van der Waals surface area contributed by atoms with Crippen LogP contribution in [0, 0.1) is 0 Å². The minimum absolute atomic E-state index is 0.211. The summed E-state index contributed by atoms with van der Waals surface area (Å²) in [6.07, 6.45) is 6.79. The van der Waals surface area contributed by atoms with Crippen LogP contribution < -0.4 is 15.4 Å². The maximum absolute atomic E-state index is 6.58. The Balaban J connectivity index is 1.67. The second-order valence-electron chi connectivity index (χ2n) is 6.88. The van der Waals surface area contributed by atoms with Crippen molar-refractivity contribution in [3.05, 3.63) is 36.2 Å². The molecule has 2 N–H and O–H groups in total. The molecule has 3 aliphatic rings. The van der Waals surface area contributed by atoms with Gasteiger partial charge in [-0.1, -0.05) is 0 Å². The van der Waals surface area contributed by atoms with Gasteiger partial charge in [-0.25, -0.2) is 0 Å². The average molecular weight is 341 g/mol. The summed E-state index contributed by atoms with van der Waals surface area (Å²) in [7, 11) is 1.68. The van der Waals surface area contributed by atoms with E-state index in [1.807, 2.05) is 12.1 Å². The monoisotopic (exact) mass is 341 g/mol. The van der Waals surface area contributed by atoms with E-state index < -0.39 is 0 Å². The van der Waals surface area contributed by atoms with Crippen LogP contribution in [0.5, 0.6) is 5.75 Å². The van der Waals surface area contributed by atoms with E-state index in [2.05, 4.69) is 32.9 Å². The molecule has 0 aliphatic carbocycles. The quantitative estimate of drug-likeness (QED) is 0.913. The molecule has 0 aromatic heterocycles. The van der Waals surface area contributed by atoms with Crippen LogP contribution in [0.3, 0.4) is 0 Å². The molecular weight excluding hydrogens is 314 g/mol. The van der Waals surface area contributed by atoms with Crippen molar-refractivity contribution >= 4 is 11.6 Å². The van der Waals surface area contributed by atoms with Gasteiger partial charge in [-0.2, -0.15) is 4.99 Å². The summed E-state index contributed by atoms with van der Waals surface area (Å²) in [5.74, 6) is 2.87. The number of guanidine groups is 1. The molecule has 3 heterocycles. The van der Waals surface area contributed by atoms with Crippen molar-refractivity contribution in [1.82, 2.24) is 9.80 Å². The van der Waals surface area contributed by atoms with Crippen LogP contribution in [-0.2, 0) is 0 Å². The number of hydrogen-bond donors (Lipinski definition) is 1. The van der Waals surface area contributed by atoms with Crippen molar-refractivity contribution < 1.29 is 4.74 Å². The lowest BCUT2D eigenvalue weighted by Crippen LogP contribution is -2.54. The highest BCUT2D eigenvalue weighted by molar-refractivity contribution is 5.98. The van der Waals surface area contributed by atoms with Crippen LogP contribution in [0.1, 0.15) is 25.7 Å². The van der Waals surface area contributed by atoms with Crippen LogP contribution in [0.4, 0.5) is 5.69 Å². The number of nitrogens with zero attached hydrogens (tertiary/aromatic N) is 4. The minimum Gasteiger partial charge on any atom is -0.497 e. The summed E-state index contributed by atoms with van der Waals surface area (Å²) in [4.78, 5) is 11.9. The minimum atomic E-state index is -0.211. The first kappa shape index (κ1) is 16.3. The predicted octanol–water partition coefficient (Wildman–Crippen LogP) is 2.19. The van der Waals surface area contributed by atoms with Crippen LogP contribution in [-0.4, -0.2) is 55.2 Å². The summed E-state index contributed by atoms with van der Waals surface area (Å²) >= 11 is 0. The van der Waals surface area contributed by atoms with E-state index >= 15 is 0 Å². The third kappa shape index (κ3) is 3.18. The normalized spacial score (nSPS) is 23.8. The van der Waals surface area contributed by atoms with Gasteiger partial charge >= 0.3 is 0 Å².